The number of likely N-dealkylation sites (N-methyl/N-ethyl adjacent to an activating group) is 1. The zero-order valence-electron chi connectivity index (χ0n) is 24.2. The molecule has 0 aliphatic carbocycles. The van der Waals surface area contributed by atoms with Crippen molar-refractivity contribution in [3.05, 3.63) is 58.9 Å². The Morgan fingerprint density at radius 2 is 2.03 bits per heavy atom. The molecule has 1 amide bonds. The number of amides is 1. The van der Waals surface area contributed by atoms with Crippen LogP contribution in [0.4, 0.5) is 8.78 Å². The minimum Gasteiger partial charge on any atom is -0.434 e. The van der Waals surface area contributed by atoms with Crippen LogP contribution in [0.1, 0.15) is 62.8 Å². The number of hydrogen-bond donors (Lipinski definition) is 0. The van der Waals surface area contributed by atoms with Gasteiger partial charge in [-0.05, 0) is 50.3 Å². The smallest absolute Gasteiger partial charge is 0.387 e. The van der Waals surface area contributed by atoms with Crippen molar-refractivity contribution in [2.45, 2.75) is 38.0 Å². The van der Waals surface area contributed by atoms with Crippen LogP contribution in [0.25, 0.3) is 11.0 Å². The maximum atomic E-state index is 13.5. The highest BCUT2D eigenvalue weighted by Gasteiger charge is 2.45. The van der Waals surface area contributed by atoms with Gasteiger partial charge in [-0.2, -0.15) is 8.78 Å². The number of unbranched alkanes of at least 4 members (excludes halogenated alkanes) is 1. The fourth-order valence-electron chi connectivity index (χ4n) is 5.81. The monoisotopic (exact) mass is 522 g/mol. The Balaban J connectivity index is 1.34. The number of nitrogens with zero attached hydrogens (tertiary/aromatic N) is 5. The molecule has 3 aromatic rings. The number of ether oxygens (including phenoxy) is 1. The number of alkyl halides is 2. The number of piperazine rings is 1. The Kier molecular flexibility index (Phi) is 5.65. The fourth-order valence-corrected chi connectivity index (χ4v) is 5.81. The molecule has 4 heterocycles. The predicted molar refractivity (Wildman–Crippen MR) is 140 cm³/mol. The summed E-state index contributed by atoms with van der Waals surface area (Å²) in [7, 11) is 2.14. The number of fused-ring (bicyclic) bond motifs is 9. The number of hydrogen-bond acceptors (Lipinski definition) is 5. The molecular formula is C29H31F2N5O2. The van der Waals surface area contributed by atoms with E-state index < -0.39 is 31.6 Å². The first-order chi connectivity index (χ1) is 19.6. The predicted octanol–water partition coefficient (Wildman–Crippen LogP) is 4.14. The summed E-state index contributed by atoms with van der Waals surface area (Å²) in [6.07, 6.45) is 1.92. The van der Waals surface area contributed by atoms with Crippen molar-refractivity contribution >= 4 is 16.9 Å². The molecule has 3 aliphatic rings. The zero-order chi connectivity index (χ0) is 28.9. The molecule has 1 aromatic heterocycles. The number of halogens is 2. The first-order valence-electron chi connectivity index (χ1n) is 14.4. The highest BCUT2D eigenvalue weighted by Crippen LogP contribution is 2.49. The second-order valence-corrected chi connectivity index (χ2v) is 10.1. The molecule has 0 unspecified atom stereocenters. The molecule has 7 nitrogen and oxygen atoms in total. The summed E-state index contributed by atoms with van der Waals surface area (Å²) >= 11 is 0. The molecule has 9 heteroatoms. The SMILES string of the molecule is [2H]C([2H])([2H])N1C(=O)c2cccc(OC(F)F)c2[C@H]2C[C@@H]1c1nc3ccc(C#CCCCN4CCN(C)CC4)cc3n12. The van der Waals surface area contributed by atoms with Crippen molar-refractivity contribution in [3.8, 4) is 17.6 Å². The molecule has 38 heavy (non-hydrogen) atoms. The Morgan fingerprint density at radius 3 is 2.82 bits per heavy atom. The minimum absolute atomic E-state index is 0.0376. The Hall–Kier alpha value is -3.48. The van der Waals surface area contributed by atoms with Crippen LogP contribution >= 0.6 is 0 Å². The van der Waals surface area contributed by atoms with E-state index in [9.17, 15) is 13.6 Å². The van der Waals surface area contributed by atoms with Gasteiger partial charge in [0.1, 0.15) is 11.6 Å². The van der Waals surface area contributed by atoms with E-state index in [1.54, 1.807) is 0 Å². The van der Waals surface area contributed by atoms with Crippen molar-refractivity contribution in [3.63, 3.8) is 0 Å². The lowest BCUT2D eigenvalue weighted by molar-refractivity contribution is -0.0507. The summed E-state index contributed by atoms with van der Waals surface area (Å²) in [4.78, 5) is 23.9. The maximum absolute atomic E-state index is 13.5. The van der Waals surface area contributed by atoms with E-state index in [-0.39, 0.29) is 23.3 Å². The number of carbonyl (C=O) groups excluding carboxylic acids is 1. The fraction of sp³-hybridized carbons (Fsp3) is 0.448. The summed E-state index contributed by atoms with van der Waals surface area (Å²) in [6, 6.07) is 8.39. The third-order valence-corrected chi connectivity index (χ3v) is 7.75. The lowest BCUT2D eigenvalue weighted by Crippen LogP contribution is -2.44. The first-order valence-corrected chi connectivity index (χ1v) is 12.9. The average Bonchev–Trinajstić information content (AvgIpc) is 3.41. The van der Waals surface area contributed by atoms with E-state index >= 15 is 0 Å². The molecule has 6 rings (SSSR count). The van der Waals surface area contributed by atoms with Gasteiger partial charge in [0, 0.05) is 66.8 Å². The summed E-state index contributed by atoms with van der Waals surface area (Å²) in [6.45, 7) is -0.527. The van der Waals surface area contributed by atoms with Gasteiger partial charge in [0.05, 0.1) is 23.1 Å². The molecule has 3 aliphatic heterocycles. The second-order valence-electron chi connectivity index (χ2n) is 10.1. The molecule has 1 saturated heterocycles. The Labute approximate surface area is 225 Å². The molecule has 2 atom stereocenters. The molecule has 1 fully saturated rings. The second kappa shape index (κ2) is 10.0. The standard InChI is InChI=1S/C29H31F2N5O2/c1-33-13-15-35(16-14-33)12-5-3-4-7-19-10-11-21-22(17-19)36-23-18-24(27(36)32-21)34(2)28(37)20-8-6-9-25(26(20)23)38-29(30)31/h6,8-11,17,23-24,29H,3,5,12-16,18H2,1-2H3/t23-,24-/m1/s1/i2D3. The largest absolute Gasteiger partial charge is 0.434 e. The van der Waals surface area contributed by atoms with Gasteiger partial charge in [0.2, 0.25) is 0 Å². The van der Waals surface area contributed by atoms with Crippen LogP contribution in [-0.2, 0) is 0 Å². The first kappa shape index (κ1) is 21.5. The van der Waals surface area contributed by atoms with Crippen molar-refractivity contribution < 1.29 is 22.4 Å². The van der Waals surface area contributed by atoms with Crippen LogP contribution in [-0.4, -0.2) is 83.5 Å². The van der Waals surface area contributed by atoms with Gasteiger partial charge in [0.25, 0.3) is 5.91 Å². The van der Waals surface area contributed by atoms with Gasteiger partial charge in [-0.3, -0.25) is 4.79 Å². The molecule has 2 bridgehead atoms. The van der Waals surface area contributed by atoms with Crippen LogP contribution in [0.15, 0.2) is 36.4 Å². The number of rotatable bonds is 5. The van der Waals surface area contributed by atoms with Gasteiger partial charge in [0.15, 0.2) is 0 Å². The van der Waals surface area contributed by atoms with E-state index in [2.05, 4.69) is 28.7 Å². The van der Waals surface area contributed by atoms with Crippen LogP contribution in [0.3, 0.4) is 0 Å². The van der Waals surface area contributed by atoms with Crippen LogP contribution in [0.5, 0.6) is 5.75 Å². The molecule has 0 radical (unpaired) electrons. The van der Waals surface area contributed by atoms with E-state index in [1.165, 1.54) is 18.2 Å². The molecule has 0 N–H and O–H groups in total. The third kappa shape index (κ3) is 4.42. The summed E-state index contributed by atoms with van der Waals surface area (Å²) in [5, 5.41) is 0. The maximum Gasteiger partial charge on any atom is 0.387 e. The molecular weight excluding hydrogens is 488 g/mol. The highest BCUT2D eigenvalue weighted by molar-refractivity contribution is 5.97. The van der Waals surface area contributed by atoms with Crippen molar-refractivity contribution in [2.75, 3.05) is 46.7 Å². The number of carbonyl (C=O) groups is 1. The van der Waals surface area contributed by atoms with Crippen LogP contribution in [0.2, 0.25) is 0 Å². The lowest BCUT2D eigenvalue weighted by atomic mass is 9.97. The van der Waals surface area contributed by atoms with Gasteiger partial charge in [-0.25, -0.2) is 4.98 Å². The number of aromatic nitrogens is 2. The Bertz CT molecular complexity index is 1540. The summed E-state index contributed by atoms with van der Waals surface area (Å²) in [5.41, 5.74) is 2.38. The molecule has 0 spiro atoms. The lowest BCUT2D eigenvalue weighted by Gasteiger charge is -2.32. The van der Waals surface area contributed by atoms with E-state index in [1.807, 2.05) is 22.8 Å². The van der Waals surface area contributed by atoms with E-state index in [0.717, 1.165) is 56.0 Å². The highest BCUT2D eigenvalue weighted by atomic mass is 19.3. The van der Waals surface area contributed by atoms with Gasteiger partial charge < -0.3 is 24.0 Å². The van der Waals surface area contributed by atoms with Gasteiger partial charge in [-0.1, -0.05) is 17.9 Å². The van der Waals surface area contributed by atoms with E-state index in [4.69, 9.17) is 13.8 Å². The zero-order valence-corrected chi connectivity index (χ0v) is 21.2. The molecule has 0 saturated carbocycles. The normalized spacial score (nSPS) is 22.8. The van der Waals surface area contributed by atoms with Crippen LogP contribution in [0, 0.1) is 11.8 Å². The Morgan fingerprint density at radius 1 is 1.18 bits per heavy atom. The van der Waals surface area contributed by atoms with Crippen molar-refractivity contribution in [2.24, 2.45) is 0 Å². The minimum atomic E-state index is -3.10. The van der Waals surface area contributed by atoms with E-state index in [0.29, 0.717) is 16.9 Å². The summed E-state index contributed by atoms with van der Waals surface area (Å²) < 4.78 is 57.9. The quantitative estimate of drug-likeness (QED) is 0.373. The average molecular weight is 523 g/mol. The topological polar surface area (TPSA) is 53.8 Å². The number of imidazole rings is 1. The molecule has 2 aromatic carbocycles. The van der Waals surface area contributed by atoms with Gasteiger partial charge in [-0.15, -0.1) is 0 Å². The van der Waals surface area contributed by atoms with Crippen molar-refractivity contribution in [1.82, 2.24) is 24.3 Å². The third-order valence-electron chi connectivity index (χ3n) is 7.75. The molecule has 198 valence electrons. The summed E-state index contributed by atoms with van der Waals surface area (Å²) in [5.74, 6) is 6.00. The van der Waals surface area contributed by atoms with Crippen molar-refractivity contribution in [1.29, 1.82) is 0 Å². The van der Waals surface area contributed by atoms with Gasteiger partial charge >= 0.3 is 6.61 Å². The number of benzene rings is 2. The van der Waals surface area contributed by atoms with Crippen LogP contribution < -0.4 is 4.74 Å².